The van der Waals surface area contributed by atoms with Crippen LogP contribution in [0.1, 0.15) is 25.8 Å². The van der Waals surface area contributed by atoms with Crippen molar-refractivity contribution in [2.45, 2.75) is 31.9 Å². The lowest BCUT2D eigenvalue weighted by Crippen LogP contribution is -2.22. The lowest BCUT2D eigenvalue weighted by molar-refractivity contribution is 0.198. The highest BCUT2D eigenvalue weighted by Crippen LogP contribution is 2.34. The molecule has 0 spiro atoms. The first kappa shape index (κ1) is 19.9. The van der Waals surface area contributed by atoms with Gasteiger partial charge in [-0.1, -0.05) is 0 Å². The maximum Gasteiger partial charge on any atom is 0.222 e. The Kier molecular flexibility index (Phi) is 4.64. The van der Waals surface area contributed by atoms with Crippen molar-refractivity contribution in [2.24, 2.45) is 7.05 Å². The zero-order valence-corrected chi connectivity index (χ0v) is 18.5. The van der Waals surface area contributed by atoms with E-state index < -0.39 is 0 Å². The second-order valence-corrected chi connectivity index (χ2v) is 8.61. The molecule has 170 valence electrons. The summed E-state index contributed by atoms with van der Waals surface area (Å²) in [6.45, 7) is 3.98. The molecule has 0 radical (unpaired) electrons. The van der Waals surface area contributed by atoms with Crippen LogP contribution in [0, 0.1) is 0 Å². The molecule has 11 heteroatoms. The van der Waals surface area contributed by atoms with Crippen molar-refractivity contribution in [1.29, 1.82) is 0 Å². The van der Waals surface area contributed by atoms with E-state index in [0.717, 1.165) is 41.7 Å². The van der Waals surface area contributed by atoms with Crippen molar-refractivity contribution >= 4 is 28.4 Å². The Labute approximate surface area is 190 Å². The molecule has 2 aliphatic heterocycles. The number of nitrogens with one attached hydrogen (secondary N) is 1. The van der Waals surface area contributed by atoms with Crippen LogP contribution >= 0.6 is 0 Å². The number of aliphatic hydroxyl groups excluding tert-OH is 1. The average molecular weight is 448 g/mol. The van der Waals surface area contributed by atoms with Crippen LogP contribution in [-0.2, 0) is 7.05 Å². The first-order valence-corrected chi connectivity index (χ1v) is 11.1. The van der Waals surface area contributed by atoms with Gasteiger partial charge in [0.1, 0.15) is 17.2 Å². The van der Waals surface area contributed by atoms with Crippen LogP contribution in [0.2, 0.25) is 0 Å². The summed E-state index contributed by atoms with van der Waals surface area (Å²) in [5.74, 6) is 3.32. The van der Waals surface area contributed by atoms with Crippen molar-refractivity contribution in [3.63, 3.8) is 0 Å². The van der Waals surface area contributed by atoms with Gasteiger partial charge in [0.25, 0.3) is 0 Å². The Hall–Kier alpha value is -3.73. The van der Waals surface area contributed by atoms with Crippen LogP contribution in [0.25, 0.3) is 22.3 Å². The van der Waals surface area contributed by atoms with E-state index in [1.807, 2.05) is 24.0 Å². The zero-order chi connectivity index (χ0) is 22.5. The van der Waals surface area contributed by atoms with Gasteiger partial charge >= 0.3 is 0 Å². The predicted molar refractivity (Wildman–Crippen MR) is 123 cm³/mol. The summed E-state index contributed by atoms with van der Waals surface area (Å²) in [5.41, 5.74) is 1.72. The third-order valence-electron chi connectivity index (χ3n) is 6.26. The molecule has 6 heterocycles. The van der Waals surface area contributed by atoms with Crippen molar-refractivity contribution in [3.8, 4) is 17.3 Å². The van der Waals surface area contributed by atoms with E-state index in [0.29, 0.717) is 36.5 Å². The highest BCUT2D eigenvalue weighted by atomic mass is 16.5. The molecule has 2 N–H and O–H groups in total. The smallest absolute Gasteiger partial charge is 0.222 e. The predicted octanol–water partition coefficient (Wildman–Crippen LogP) is 2.28. The number of aliphatic hydroxyl groups is 1. The van der Waals surface area contributed by atoms with E-state index in [-0.39, 0.29) is 12.1 Å². The molecule has 4 aromatic heterocycles. The molecule has 0 amide bonds. The third kappa shape index (κ3) is 3.44. The molecule has 2 atom stereocenters. The normalized spacial score (nSPS) is 20.4. The number of hydrogen-bond acceptors (Lipinski definition) is 9. The van der Waals surface area contributed by atoms with Gasteiger partial charge in [0, 0.05) is 45.0 Å². The molecule has 0 unspecified atom stereocenters. The van der Waals surface area contributed by atoms with Crippen LogP contribution in [-0.4, -0.2) is 65.4 Å². The molecular formula is C22H25N9O2. The van der Waals surface area contributed by atoms with Gasteiger partial charge in [-0.2, -0.15) is 10.2 Å². The Bertz CT molecular complexity index is 1330. The molecule has 1 fully saturated rings. The number of pyridine rings is 1. The molecule has 4 aromatic rings. The van der Waals surface area contributed by atoms with E-state index in [1.54, 1.807) is 23.1 Å². The zero-order valence-electron chi connectivity index (χ0n) is 18.5. The fourth-order valence-electron chi connectivity index (χ4n) is 4.48. The largest absolute Gasteiger partial charge is 0.477 e. The van der Waals surface area contributed by atoms with Crippen molar-refractivity contribution in [2.75, 3.05) is 29.9 Å². The second-order valence-electron chi connectivity index (χ2n) is 8.61. The van der Waals surface area contributed by atoms with E-state index in [9.17, 15) is 5.11 Å². The van der Waals surface area contributed by atoms with E-state index in [1.165, 1.54) is 0 Å². The molecule has 1 saturated heterocycles. The number of ether oxygens (including phenoxy) is 1. The number of fused-ring (bicyclic) bond motifs is 5. The van der Waals surface area contributed by atoms with Crippen LogP contribution < -0.4 is 15.0 Å². The maximum absolute atomic E-state index is 10.1. The number of β-amino-alcohol motifs (C(OH)–C–C–N with tert-alkyl or cyclic N) is 1. The minimum Gasteiger partial charge on any atom is -0.477 e. The fraction of sp³-hybridized carbons (Fsp3) is 0.409. The fourth-order valence-corrected chi connectivity index (χ4v) is 4.48. The number of anilines is 3. The quantitative estimate of drug-likeness (QED) is 0.453. The van der Waals surface area contributed by atoms with Crippen LogP contribution in [0.15, 0.2) is 30.7 Å². The van der Waals surface area contributed by atoms with Gasteiger partial charge in [-0.15, -0.1) is 0 Å². The van der Waals surface area contributed by atoms with Gasteiger partial charge < -0.3 is 20.1 Å². The van der Waals surface area contributed by atoms with Gasteiger partial charge in [-0.25, -0.2) is 19.6 Å². The highest BCUT2D eigenvalue weighted by Gasteiger charge is 2.27. The van der Waals surface area contributed by atoms with Crippen molar-refractivity contribution in [1.82, 2.24) is 34.5 Å². The van der Waals surface area contributed by atoms with Gasteiger partial charge in [0.05, 0.1) is 35.9 Å². The molecule has 0 saturated carbocycles. The van der Waals surface area contributed by atoms with E-state index in [4.69, 9.17) is 9.84 Å². The Balaban J connectivity index is 1.47. The monoisotopic (exact) mass is 447 g/mol. The maximum atomic E-state index is 10.1. The van der Waals surface area contributed by atoms with Crippen LogP contribution in [0.5, 0.6) is 5.88 Å². The highest BCUT2D eigenvalue weighted by molar-refractivity contribution is 5.92. The van der Waals surface area contributed by atoms with Crippen molar-refractivity contribution in [3.05, 3.63) is 30.7 Å². The standard InChI is InChI=1S/C22H25N9O2/c1-13-5-8-33-22-16(11-25-29(22)2)20-23-6-3-18(27-20)26-19-9-17-15(10-24-19)21(28-31(13)17)30-7-4-14(32)12-30/h3,6,9-11,13-14,32H,4-5,7-8,12H2,1-2H3,(H,23,24,26,27)/t13-,14-/m0/s1. The minimum atomic E-state index is -0.327. The Morgan fingerprint density at radius 2 is 2.09 bits per heavy atom. The Morgan fingerprint density at radius 3 is 2.94 bits per heavy atom. The molecule has 0 aliphatic carbocycles. The van der Waals surface area contributed by atoms with E-state index in [2.05, 4.69) is 37.2 Å². The van der Waals surface area contributed by atoms with E-state index >= 15 is 0 Å². The lowest BCUT2D eigenvalue weighted by atomic mass is 10.2. The van der Waals surface area contributed by atoms with Crippen molar-refractivity contribution < 1.29 is 9.84 Å². The topological polar surface area (TPSA) is 119 Å². The second kappa shape index (κ2) is 7.69. The molecule has 33 heavy (non-hydrogen) atoms. The number of hydrogen-bond donors (Lipinski definition) is 2. The SMILES string of the molecule is C[C@H]1CCOc2c(cnn2C)-c2nccc(n2)Nc2cc3c(cn2)c(N2CC[C@H](O)C2)nn31. The summed E-state index contributed by atoms with van der Waals surface area (Å²) in [6, 6.07) is 3.88. The Morgan fingerprint density at radius 1 is 1.18 bits per heavy atom. The third-order valence-corrected chi connectivity index (χ3v) is 6.26. The summed E-state index contributed by atoms with van der Waals surface area (Å²) in [7, 11) is 1.84. The van der Waals surface area contributed by atoms with Gasteiger partial charge in [-0.3, -0.25) is 4.68 Å². The molecule has 4 bridgehead atoms. The number of aryl methyl sites for hydroxylation is 1. The summed E-state index contributed by atoms with van der Waals surface area (Å²) in [4.78, 5) is 15.8. The van der Waals surface area contributed by atoms with Gasteiger partial charge in [-0.05, 0) is 19.4 Å². The van der Waals surface area contributed by atoms with Crippen LogP contribution in [0.4, 0.5) is 17.5 Å². The van der Waals surface area contributed by atoms with Gasteiger partial charge in [0.15, 0.2) is 11.6 Å². The summed E-state index contributed by atoms with van der Waals surface area (Å²) in [5, 5.41) is 23.6. The minimum absolute atomic E-state index is 0.0812. The number of aromatic nitrogens is 7. The molecule has 0 aromatic carbocycles. The van der Waals surface area contributed by atoms with Crippen LogP contribution in [0.3, 0.4) is 0 Å². The van der Waals surface area contributed by atoms with Gasteiger partial charge in [0.2, 0.25) is 5.88 Å². The number of rotatable bonds is 1. The number of nitrogens with zero attached hydrogens (tertiary/aromatic N) is 8. The summed E-state index contributed by atoms with van der Waals surface area (Å²) >= 11 is 0. The molecule has 2 aliphatic rings. The molecule has 6 rings (SSSR count). The molecule has 11 nitrogen and oxygen atoms in total. The average Bonchev–Trinajstić information content (AvgIpc) is 3.50. The first-order chi connectivity index (χ1) is 16.1. The summed E-state index contributed by atoms with van der Waals surface area (Å²) in [6.07, 6.45) is 6.43. The lowest BCUT2D eigenvalue weighted by Gasteiger charge is -2.16. The first-order valence-electron chi connectivity index (χ1n) is 11.1. The summed E-state index contributed by atoms with van der Waals surface area (Å²) < 4.78 is 9.88. The molecular weight excluding hydrogens is 422 g/mol.